The number of benzene rings is 1. The van der Waals surface area contributed by atoms with Crippen LogP contribution >= 0.6 is 23.4 Å². The van der Waals surface area contributed by atoms with Gasteiger partial charge in [-0.3, -0.25) is 4.99 Å². The van der Waals surface area contributed by atoms with E-state index in [0.717, 1.165) is 48.1 Å². The number of aromatic nitrogens is 2. The molecule has 36 heavy (non-hydrogen) atoms. The summed E-state index contributed by atoms with van der Waals surface area (Å²) in [6.45, 7) is 4.99. The molecule has 4 rings (SSSR count). The second kappa shape index (κ2) is 12.1. The van der Waals surface area contributed by atoms with Gasteiger partial charge in [-0.2, -0.15) is 0 Å². The summed E-state index contributed by atoms with van der Waals surface area (Å²) in [5.41, 5.74) is 2.56. The maximum atomic E-state index is 12.1. The number of likely N-dealkylation sites (N-methyl/N-ethyl adjacent to an activating group) is 1. The topological polar surface area (TPSA) is 103 Å². The van der Waals surface area contributed by atoms with Crippen LogP contribution in [0.2, 0.25) is 5.02 Å². The van der Waals surface area contributed by atoms with Crippen molar-refractivity contribution < 1.29 is 8.42 Å². The van der Waals surface area contributed by atoms with Crippen LogP contribution in [-0.2, 0) is 10.0 Å². The highest BCUT2D eigenvalue weighted by Crippen LogP contribution is 2.36. The summed E-state index contributed by atoms with van der Waals surface area (Å²) in [5.74, 6) is 0.729. The fraction of sp³-hybridized carbons (Fsp3) is 0.542. The van der Waals surface area contributed by atoms with Crippen LogP contribution < -0.4 is 10.6 Å². The van der Waals surface area contributed by atoms with Crippen molar-refractivity contribution in [1.82, 2.24) is 24.5 Å². The average molecular weight is 552 g/mol. The molecule has 0 spiro atoms. The lowest BCUT2D eigenvalue weighted by molar-refractivity contribution is 0.308. The molecule has 0 radical (unpaired) electrons. The Kier molecular flexibility index (Phi) is 9.10. The van der Waals surface area contributed by atoms with E-state index in [0.29, 0.717) is 30.6 Å². The van der Waals surface area contributed by atoms with Crippen molar-refractivity contribution in [1.29, 1.82) is 0 Å². The molecule has 0 aliphatic carbocycles. The Bertz CT molecular complexity index is 1180. The Hall–Kier alpha value is -1.92. The number of halogens is 1. The minimum Gasteiger partial charge on any atom is -0.362 e. The summed E-state index contributed by atoms with van der Waals surface area (Å²) < 4.78 is 25.9. The quantitative estimate of drug-likeness (QED) is 0.489. The Morgan fingerprint density at radius 1 is 1.19 bits per heavy atom. The second-order valence-electron chi connectivity index (χ2n) is 9.18. The van der Waals surface area contributed by atoms with Gasteiger partial charge < -0.3 is 15.5 Å². The first-order chi connectivity index (χ1) is 17.2. The number of amidine groups is 1. The summed E-state index contributed by atoms with van der Waals surface area (Å²) >= 11 is 8.14. The number of aliphatic imine (C=N–C) groups is 1. The first kappa shape index (κ1) is 27.1. The molecule has 1 unspecified atom stereocenters. The Morgan fingerprint density at radius 2 is 1.94 bits per heavy atom. The van der Waals surface area contributed by atoms with Crippen LogP contribution in [-0.4, -0.2) is 91.4 Å². The summed E-state index contributed by atoms with van der Waals surface area (Å²) in [7, 11) is 0.934. The fourth-order valence-electron chi connectivity index (χ4n) is 4.15. The van der Waals surface area contributed by atoms with Gasteiger partial charge >= 0.3 is 0 Å². The molecule has 2 aromatic rings. The van der Waals surface area contributed by atoms with Crippen molar-refractivity contribution in [2.75, 3.05) is 57.9 Å². The minimum absolute atomic E-state index is 0.0618. The van der Waals surface area contributed by atoms with E-state index in [1.807, 2.05) is 44.4 Å². The molecule has 9 nitrogen and oxygen atoms in total. The molecular weight excluding hydrogens is 518 g/mol. The number of sulfonamides is 1. The van der Waals surface area contributed by atoms with Gasteiger partial charge in [0.25, 0.3) is 0 Å². The van der Waals surface area contributed by atoms with Crippen LogP contribution in [0, 0.1) is 0 Å². The summed E-state index contributed by atoms with van der Waals surface area (Å²) in [6.07, 6.45) is 1.54. The highest BCUT2D eigenvalue weighted by molar-refractivity contribution is 8.14. The largest absolute Gasteiger partial charge is 0.362 e. The molecule has 1 atom stereocenters. The highest BCUT2D eigenvalue weighted by Gasteiger charge is 2.30. The van der Waals surface area contributed by atoms with E-state index in [4.69, 9.17) is 26.6 Å². The summed E-state index contributed by atoms with van der Waals surface area (Å²) in [5, 5.41) is 8.47. The third-order valence-corrected chi connectivity index (χ3v) is 9.62. The van der Waals surface area contributed by atoms with Crippen molar-refractivity contribution in [2.24, 2.45) is 4.99 Å². The maximum Gasteiger partial charge on any atom is 0.223 e. The molecular formula is C24H34ClN7O2S2. The maximum absolute atomic E-state index is 12.1. The lowest BCUT2D eigenvalue weighted by atomic mass is 10.1. The first-order valence-electron chi connectivity index (χ1n) is 12.2. The molecule has 3 heterocycles. The third-order valence-electron chi connectivity index (χ3n) is 6.26. The first-order valence-corrected chi connectivity index (χ1v) is 15.1. The summed E-state index contributed by atoms with van der Waals surface area (Å²) in [4.78, 5) is 16.4. The number of piperidine rings is 1. The lowest BCUT2D eigenvalue weighted by Crippen LogP contribution is -2.46. The number of rotatable bonds is 9. The number of thioether (sulfide) groups is 1. The van der Waals surface area contributed by atoms with Gasteiger partial charge in [-0.1, -0.05) is 41.6 Å². The molecule has 0 saturated carbocycles. The van der Waals surface area contributed by atoms with Gasteiger partial charge in [-0.15, -0.1) is 0 Å². The van der Waals surface area contributed by atoms with Gasteiger partial charge in [0.2, 0.25) is 16.0 Å². The number of nitrogens with one attached hydrogen (secondary N) is 2. The Morgan fingerprint density at radius 3 is 2.64 bits per heavy atom. The van der Waals surface area contributed by atoms with Crippen LogP contribution in [0.3, 0.4) is 0 Å². The molecule has 2 aliphatic rings. The van der Waals surface area contributed by atoms with Crippen molar-refractivity contribution in [3.63, 3.8) is 0 Å². The normalized spacial score (nSPS) is 19.5. The predicted octanol–water partition coefficient (Wildman–Crippen LogP) is 3.32. The van der Waals surface area contributed by atoms with E-state index in [1.54, 1.807) is 23.0 Å². The van der Waals surface area contributed by atoms with Crippen molar-refractivity contribution >= 4 is 44.5 Å². The van der Waals surface area contributed by atoms with E-state index >= 15 is 0 Å². The Balaban J connectivity index is 1.44. The molecule has 196 valence electrons. The standard InChI is InChI=1S/C24H34ClN7O2S2/c1-4-36(33,34)32-12-9-17(10-13-32)28-24-27-16-22(35-24)21-15-20(18-7-5-6-8-19(18)25)29-23(30-21)26-11-14-31(2)3/h5-8,15,17,22H,4,9-14,16H2,1-3H3,(H,27,28)(H,26,29,30). The monoisotopic (exact) mass is 551 g/mol. The second-order valence-corrected chi connectivity index (χ2v) is 13.0. The molecule has 12 heteroatoms. The summed E-state index contributed by atoms with van der Waals surface area (Å²) in [6, 6.07) is 9.91. The van der Waals surface area contributed by atoms with E-state index in [1.165, 1.54) is 0 Å². The van der Waals surface area contributed by atoms with Crippen LogP contribution in [0.1, 0.15) is 30.7 Å². The lowest BCUT2D eigenvalue weighted by Gasteiger charge is -2.31. The number of hydrogen-bond donors (Lipinski definition) is 2. The van der Waals surface area contributed by atoms with Crippen LogP contribution in [0.5, 0.6) is 0 Å². The molecule has 0 amide bonds. The van der Waals surface area contributed by atoms with E-state index in [-0.39, 0.29) is 17.0 Å². The number of hydrogen-bond acceptors (Lipinski definition) is 9. The van der Waals surface area contributed by atoms with E-state index in [9.17, 15) is 8.42 Å². The van der Waals surface area contributed by atoms with Crippen molar-refractivity contribution in [3.8, 4) is 11.3 Å². The van der Waals surface area contributed by atoms with Crippen molar-refractivity contribution in [2.45, 2.75) is 31.1 Å². The van der Waals surface area contributed by atoms with E-state index < -0.39 is 10.0 Å². The molecule has 2 N–H and O–H groups in total. The van der Waals surface area contributed by atoms with E-state index in [2.05, 4.69) is 15.5 Å². The molecule has 0 bridgehead atoms. The molecule has 2 aliphatic heterocycles. The van der Waals surface area contributed by atoms with Gasteiger partial charge in [-0.25, -0.2) is 22.7 Å². The molecule has 1 fully saturated rings. The smallest absolute Gasteiger partial charge is 0.223 e. The van der Waals surface area contributed by atoms with Crippen LogP contribution in [0.15, 0.2) is 35.3 Å². The van der Waals surface area contributed by atoms with Gasteiger partial charge in [0.1, 0.15) is 0 Å². The Labute approximate surface area is 223 Å². The average Bonchev–Trinajstić information content (AvgIpc) is 3.33. The van der Waals surface area contributed by atoms with Gasteiger partial charge in [0, 0.05) is 42.8 Å². The molecule has 1 saturated heterocycles. The molecule has 1 aromatic carbocycles. The zero-order valence-electron chi connectivity index (χ0n) is 20.9. The van der Waals surface area contributed by atoms with Gasteiger partial charge in [0.05, 0.1) is 28.9 Å². The highest BCUT2D eigenvalue weighted by atomic mass is 35.5. The number of nitrogens with zero attached hydrogens (tertiary/aromatic N) is 5. The fourth-order valence-corrected chi connectivity index (χ4v) is 6.56. The zero-order valence-corrected chi connectivity index (χ0v) is 23.3. The van der Waals surface area contributed by atoms with Gasteiger partial charge in [-0.05, 0) is 46.0 Å². The number of anilines is 1. The zero-order chi connectivity index (χ0) is 25.7. The van der Waals surface area contributed by atoms with Crippen LogP contribution in [0.4, 0.5) is 5.95 Å². The van der Waals surface area contributed by atoms with Gasteiger partial charge in [0.15, 0.2) is 5.17 Å². The predicted molar refractivity (Wildman–Crippen MR) is 149 cm³/mol. The molecule has 1 aromatic heterocycles. The minimum atomic E-state index is -3.12. The third kappa shape index (κ3) is 6.89. The van der Waals surface area contributed by atoms with Crippen molar-refractivity contribution in [3.05, 3.63) is 41.0 Å². The SMILES string of the molecule is CCS(=O)(=O)N1CCC(NC2=NCC(c3cc(-c4ccccc4Cl)nc(NCCN(C)C)n3)S2)CC1. The van der Waals surface area contributed by atoms with Crippen LogP contribution in [0.25, 0.3) is 11.3 Å².